The molecule has 31 heavy (non-hydrogen) atoms. The second-order valence-corrected chi connectivity index (χ2v) is 7.17. The zero-order valence-electron chi connectivity index (χ0n) is 17.4. The third-order valence-electron chi connectivity index (χ3n) is 4.92. The Morgan fingerprint density at radius 3 is 2.58 bits per heavy atom. The summed E-state index contributed by atoms with van der Waals surface area (Å²) in [4.78, 5) is 14.8. The van der Waals surface area contributed by atoms with Gasteiger partial charge in [-0.2, -0.15) is 0 Å². The molecule has 1 N–H and O–H groups in total. The maximum Gasteiger partial charge on any atom is 0.207 e. The van der Waals surface area contributed by atoms with Gasteiger partial charge in [0.15, 0.2) is 11.5 Å². The van der Waals surface area contributed by atoms with E-state index in [-0.39, 0.29) is 0 Å². The van der Waals surface area contributed by atoms with Crippen molar-refractivity contribution >= 4 is 30.4 Å². The van der Waals surface area contributed by atoms with Crippen LogP contribution in [0, 0.1) is 0 Å². The molecular weight excluding hydrogens is 412 g/mol. The van der Waals surface area contributed by atoms with E-state index in [2.05, 4.69) is 17.0 Å². The highest BCUT2D eigenvalue weighted by Gasteiger charge is 2.15. The van der Waals surface area contributed by atoms with Gasteiger partial charge in [0.2, 0.25) is 6.41 Å². The van der Waals surface area contributed by atoms with E-state index in [1.54, 1.807) is 7.11 Å². The number of hydrogen-bond acceptors (Lipinski definition) is 4. The van der Waals surface area contributed by atoms with Crippen LogP contribution in [-0.4, -0.2) is 26.8 Å². The molecule has 0 unspecified atom stereocenters. The largest absolute Gasteiger partial charge is 0.493 e. The van der Waals surface area contributed by atoms with Crippen LogP contribution in [0.2, 0.25) is 0 Å². The van der Waals surface area contributed by atoms with Gasteiger partial charge < -0.3 is 14.8 Å². The molecule has 0 aliphatic carbocycles. The first-order chi connectivity index (χ1) is 15.2. The molecule has 0 bridgehead atoms. The van der Waals surface area contributed by atoms with Crippen LogP contribution in [0.5, 0.6) is 11.5 Å². The van der Waals surface area contributed by atoms with Gasteiger partial charge in [0, 0.05) is 24.1 Å². The Hall–Kier alpha value is -3.31. The third-order valence-corrected chi connectivity index (χ3v) is 5.23. The molecule has 0 saturated heterocycles. The first-order valence-corrected chi connectivity index (χ1v) is 10.4. The standard InChI is InChI=1S/C25H25ClN2O3/c1-27-23-14-25(31-16-19-7-5-6-18(12-19)15-26)24(30-2)13-22(23)21-9-4-3-8-20(21)10-11-28-17-29/h3-9,12-14,17H,1,10-11,15-16H2,2H3,(H,28,29). The molecule has 3 rings (SSSR count). The highest BCUT2D eigenvalue weighted by atomic mass is 35.5. The minimum atomic E-state index is 0.380. The Morgan fingerprint density at radius 1 is 1.03 bits per heavy atom. The number of ether oxygens (including phenoxy) is 2. The summed E-state index contributed by atoms with van der Waals surface area (Å²) in [5, 5.41) is 2.71. The van der Waals surface area contributed by atoms with Crippen molar-refractivity contribution in [2.24, 2.45) is 4.99 Å². The van der Waals surface area contributed by atoms with Gasteiger partial charge in [0.05, 0.1) is 12.8 Å². The fraction of sp³-hybridized carbons (Fsp3) is 0.200. The van der Waals surface area contributed by atoms with Crippen molar-refractivity contribution in [1.82, 2.24) is 5.32 Å². The van der Waals surface area contributed by atoms with Gasteiger partial charge in [0.1, 0.15) is 6.61 Å². The Bertz CT molecular complexity index is 1050. The number of amides is 1. The van der Waals surface area contributed by atoms with Gasteiger partial charge in [-0.05, 0) is 41.5 Å². The summed E-state index contributed by atoms with van der Waals surface area (Å²) >= 11 is 5.93. The Kier molecular flexibility index (Phi) is 8.07. The lowest BCUT2D eigenvalue weighted by Gasteiger charge is -2.17. The number of rotatable bonds is 11. The summed E-state index contributed by atoms with van der Waals surface area (Å²) < 4.78 is 11.7. The molecule has 5 nitrogen and oxygen atoms in total. The van der Waals surface area contributed by atoms with Crippen LogP contribution < -0.4 is 14.8 Å². The predicted octanol–water partition coefficient (Wildman–Crippen LogP) is 5.30. The molecule has 0 aliphatic rings. The first-order valence-electron chi connectivity index (χ1n) is 9.90. The van der Waals surface area contributed by atoms with Crippen molar-refractivity contribution in [2.45, 2.75) is 18.9 Å². The summed E-state index contributed by atoms with van der Waals surface area (Å²) in [6.07, 6.45) is 1.40. The van der Waals surface area contributed by atoms with Gasteiger partial charge in [-0.15, -0.1) is 11.6 Å². The number of nitrogens with one attached hydrogen (secondary N) is 1. The lowest BCUT2D eigenvalue weighted by atomic mass is 9.96. The Balaban J connectivity index is 1.92. The first kappa shape index (κ1) is 22.4. The molecule has 0 aromatic heterocycles. The van der Waals surface area contributed by atoms with Crippen LogP contribution in [-0.2, 0) is 23.7 Å². The molecule has 0 atom stereocenters. The number of hydrogen-bond donors (Lipinski definition) is 1. The number of methoxy groups -OCH3 is 1. The van der Waals surface area contributed by atoms with Crippen LogP contribution >= 0.6 is 11.6 Å². The number of alkyl halides is 1. The molecule has 3 aromatic rings. The number of nitrogens with zero attached hydrogens (tertiary/aromatic N) is 1. The molecule has 0 fully saturated rings. The molecular formula is C25H25ClN2O3. The summed E-state index contributed by atoms with van der Waals surface area (Å²) in [6.45, 7) is 4.67. The van der Waals surface area contributed by atoms with Gasteiger partial charge >= 0.3 is 0 Å². The molecule has 160 valence electrons. The van der Waals surface area contributed by atoms with Gasteiger partial charge in [-0.1, -0.05) is 48.5 Å². The fourth-order valence-corrected chi connectivity index (χ4v) is 3.56. The lowest BCUT2D eigenvalue weighted by molar-refractivity contribution is -0.109. The van der Waals surface area contributed by atoms with Crippen LogP contribution in [0.1, 0.15) is 16.7 Å². The smallest absolute Gasteiger partial charge is 0.207 e. The highest BCUT2D eigenvalue weighted by Crippen LogP contribution is 2.41. The molecule has 0 saturated carbocycles. The van der Waals surface area contributed by atoms with Crippen molar-refractivity contribution in [3.05, 3.63) is 77.4 Å². The fourth-order valence-electron chi connectivity index (χ4n) is 3.40. The van der Waals surface area contributed by atoms with Gasteiger partial charge in [-0.3, -0.25) is 9.79 Å². The minimum absolute atomic E-state index is 0.380. The SMILES string of the molecule is C=Nc1cc(OCc2cccc(CCl)c2)c(OC)cc1-c1ccccc1CCNC=O. The number of aliphatic imine (C=N–C) groups is 1. The van der Waals surface area contributed by atoms with E-state index in [1.165, 1.54) is 0 Å². The van der Waals surface area contributed by atoms with E-state index < -0.39 is 0 Å². The topological polar surface area (TPSA) is 59.9 Å². The number of carbonyl (C=O) groups excluding carboxylic acids is 1. The molecule has 6 heteroatoms. The maximum atomic E-state index is 10.6. The summed E-state index contributed by atoms with van der Waals surface area (Å²) in [5.74, 6) is 1.65. The molecule has 3 aromatic carbocycles. The zero-order valence-corrected chi connectivity index (χ0v) is 18.2. The third kappa shape index (κ3) is 5.64. The molecule has 0 spiro atoms. The van der Waals surface area contributed by atoms with Crippen molar-refractivity contribution in [3.8, 4) is 22.6 Å². The van der Waals surface area contributed by atoms with E-state index in [9.17, 15) is 4.79 Å². The van der Waals surface area contributed by atoms with E-state index in [4.69, 9.17) is 21.1 Å². The summed E-state index contributed by atoms with van der Waals surface area (Å²) in [7, 11) is 1.61. The average Bonchev–Trinajstić information content (AvgIpc) is 2.82. The molecule has 0 aliphatic heterocycles. The van der Waals surface area contributed by atoms with Crippen LogP contribution in [0.25, 0.3) is 11.1 Å². The summed E-state index contributed by atoms with van der Waals surface area (Å²) in [5.41, 5.74) is 5.75. The van der Waals surface area contributed by atoms with Crippen LogP contribution in [0.4, 0.5) is 5.69 Å². The van der Waals surface area contributed by atoms with Crippen molar-refractivity contribution in [2.75, 3.05) is 13.7 Å². The van der Waals surface area contributed by atoms with E-state index in [0.29, 0.717) is 49.0 Å². The highest BCUT2D eigenvalue weighted by molar-refractivity contribution is 6.17. The lowest BCUT2D eigenvalue weighted by Crippen LogP contribution is -2.14. The maximum absolute atomic E-state index is 10.6. The average molecular weight is 437 g/mol. The van der Waals surface area contributed by atoms with Crippen LogP contribution in [0.15, 0.2) is 65.7 Å². The predicted molar refractivity (Wildman–Crippen MR) is 126 cm³/mol. The number of carbonyl (C=O) groups is 1. The summed E-state index contributed by atoms with van der Waals surface area (Å²) in [6, 6.07) is 19.7. The molecule has 0 heterocycles. The quantitative estimate of drug-likeness (QED) is 0.192. The van der Waals surface area contributed by atoms with Gasteiger partial charge in [-0.25, -0.2) is 0 Å². The van der Waals surface area contributed by atoms with E-state index in [0.717, 1.165) is 27.8 Å². The monoisotopic (exact) mass is 436 g/mol. The second kappa shape index (κ2) is 11.2. The van der Waals surface area contributed by atoms with E-state index in [1.807, 2.05) is 60.7 Å². The molecule has 1 amide bonds. The number of benzene rings is 3. The minimum Gasteiger partial charge on any atom is -0.493 e. The molecule has 0 radical (unpaired) electrons. The van der Waals surface area contributed by atoms with Gasteiger partial charge in [0.25, 0.3) is 0 Å². The second-order valence-electron chi connectivity index (χ2n) is 6.90. The van der Waals surface area contributed by atoms with Crippen molar-refractivity contribution < 1.29 is 14.3 Å². The Labute approximate surface area is 187 Å². The van der Waals surface area contributed by atoms with Crippen molar-refractivity contribution in [3.63, 3.8) is 0 Å². The normalized spacial score (nSPS) is 10.4. The zero-order chi connectivity index (χ0) is 22.1. The van der Waals surface area contributed by atoms with Crippen molar-refractivity contribution in [1.29, 1.82) is 0 Å². The number of halogens is 1. The van der Waals surface area contributed by atoms with E-state index >= 15 is 0 Å². The Morgan fingerprint density at radius 2 is 1.84 bits per heavy atom. The van der Waals surface area contributed by atoms with Crippen LogP contribution in [0.3, 0.4) is 0 Å².